The lowest BCUT2D eigenvalue weighted by atomic mass is 10.1. The number of carbonyl (C=O) groups is 3. The summed E-state index contributed by atoms with van der Waals surface area (Å²) in [6.45, 7) is 2.99. The van der Waals surface area contributed by atoms with Gasteiger partial charge >= 0.3 is 6.03 Å². The second kappa shape index (κ2) is 12.7. The molecule has 0 atom stereocenters. The Morgan fingerprint density at radius 2 is 1.34 bits per heavy atom. The molecule has 8 heteroatoms. The first-order valence-electron chi connectivity index (χ1n) is 13.1. The first kappa shape index (κ1) is 27.2. The monoisotopic (exact) mass is 548 g/mol. The molecule has 1 heterocycles. The summed E-state index contributed by atoms with van der Waals surface area (Å²) in [5.41, 5.74) is 2.68. The molecule has 1 N–H and O–H groups in total. The van der Waals surface area contributed by atoms with E-state index in [1.807, 2.05) is 67.6 Å². The van der Waals surface area contributed by atoms with Gasteiger partial charge in [0.25, 0.3) is 11.8 Å². The minimum atomic E-state index is -0.824. The van der Waals surface area contributed by atoms with Crippen LogP contribution in [0.2, 0.25) is 0 Å². The van der Waals surface area contributed by atoms with Crippen molar-refractivity contribution in [3.05, 3.63) is 125 Å². The van der Waals surface area contributed by atoms with Crippen LogP contribution < -0.4 is 24.4 Å². The number of anilines is 1. The quantitative estimate of drug-likeness (QED) is 0.196. The standard InChI is InChI=1S/C33H28N2O6/c1-2-39-30-20-25(13-18-29(30)41-22-24-11-7-4-8-12-24)19-28-31(36)34-33(38)35(32(28)37)26-14-16-27(17-15-26)40-21-23-9-5-3-6-10-23/h3-20H,2,21-22H2,1H3,(H,34,36,38)/b28-19+. The number of imide groups is 2. The number of barbiturate groups is 1. The summed E-state index contributed by atoms with van der Waals surface area (Å²) in [5, 5.41) is 2.25. The Labute approximate surface area is 237 Å². The number of nitrogens with zero attached hydrogens (tertiary/aromatic N) is 1. The summed E-state index contributed by atoms with van der Waals surface area (Å²) >= 11 is 0. The number of rotatable bonds is 10. The third-order valence-electron chi connectivity index (χ3n) is 6.26. The third-order valence-corrected chi connectivity index (χ3v) is 6.26. The minimum Gasteiger partial charge on any atom is -0.490 e. The van der Waals surface area contributed by atoms with Gasteiger partial charge in [-0.3, -0.25) is 14.9 Å². The topological polar surface area (TPSA) is 94.2 Å². The van der Waals surface area contributed by atoms with E-state index in [9.17, 15) is 14.4 Å². The maximum atomic E-state index is 13.4. The zero-order chi connectivity index (χ0) is 28.6. The Morgan fingerprint density at radius 3 is 1.98 bits per heavy atom. The SMILES string of the molecule is CCOc1cc(/C=C2\C(=O)NC(=O)N(c3ccc(OCc4ccccc4)cc3)C2=O)ccc1OCc1ccccc1. The second-order valence-corrected chi connectivity index (χ2v) is 9.14. The number of carbonyl (C=O) groups excluding carboxylic acids is 3. The van der Waals surface area contributed by atoms with Gasteiger partial charge in [-0.15, -0.1) is 0 Å². The number of amides is 4. The van der Waals surface area contributed by atoms with Gasteiger partial charge < -0.3 is 14.2 Å². The molecule has 206 valence electrons. The van der Waals surface area contributed by atoms with Gasteiger partial charge in [0, 0.05) is 0 Å². The van der Waals surface area contributed by atoms with Crippen LogP contribution in [0.5, 0.6) is 17.2 Å². The molecule has 0 spiro atoms. The van der Waals surface area contributed by atoms with Crippen LogP contribution in [0.1, 0.15) is 23.6 Å². The normalized spacial score (nSPS) is 14.1. The molecular weight excluding hydrogens is 520 g/mol. The van der Waals surface area contributed by atoms with Crippen molar-refractivity contribution in [2.75, 3.05) is 11.5 Å². The van der Waals surface area contributed by atoms with Gasteiger partial charge in [0.2, 0.25) is 0 Å². The largest absolute Gasteiger partial charge is 0.490 e. The molecule has 1 saturated heterocycles. The van der Waals surface area contributed by atoms with Crippen LogP contribution >= 0.6 is 0 Å². The Kier molecular flexibility index (Phi) is 8.40. The van der Waals surface area contributed by atoms with E-state index in [-0.39, 0.29) is 5.57 Å². The number of urea groups is 1. The van der Waals surface area contributed by atoms with E-state index in [1.165, 1.54) is 6.08 Å². The summed E-state index contributed by atoms with van der Waals surface area (Å²) in [7, 11) is 0. The van der Waals surface area contributed by atoms with E-state index in [4.69, 9.17) is 14.2 Å². The zero-order valence-corrected chi connectivity index (χ0v) is 22.4. The molecular formula is C33H28N2O6. The van der Waals surface area contributed by atoms with Crippen LogP contribution in [0, 0.1) is 0 Å². The van der Waals surface area contributed by atoms with Gasteiger partial charge in [-0.05, 0) is 66.1 Å². The molecule has 5 rings (SSSR count). The van der Waals surface area contributed by atoms with Crippen LogP contribution in [0.25, 0.3) is 6.08 Å². The fraction of sp³-hybridized carbons (Fsp3) is 0.121. The number of hydrogen-bond acceptors (Lipinski definition) is 6. The van der Waals surface area contributed by atoms with Crippen molar-refractivity contribution in [2.24, 2.45) is 0 Å². The van der Waals surface area contributed by atoms with E-state index in [0.717, 1.165) is 16.0 Å². The smallest absolute Gasteiger partial charge is 0.335 e. The van der Waals surface area contributed by atoms with Crippen LogP contribution in [-0.4, -0.2) is 24.5 Å². The Bertz CT molecular complexity index is 1570. The molecule has 0 aromatic heterocycles. The highest BCUT2D eigenvalue weighted by atomic mass is 16.5. The molecule has 0 unspecified atom stereocenters. The molecule has 0 saturated carbocycles. The minimum absolute atomic E-state index is 0.186. The van der Waals surface area contributed by atoms with Gasteiger partial charge in [-0.2, -0.15) is 0 Å². The van der Waals surface area contributed by atoms with Gasteiger partial charge in [0.15, 0.2) is 11.5 Å². The van der Waals surface area contributed by atoms with Gasteiger partial charge in [-0.25, -0.2) is 9.69 Å². The highest BCUT2D eigenvalue weighted by molar-refractivity contribution is 6.39. The summed E-state index contributed by atoms with van der Waals surface area (Å²) in [6, 6.07) is 30.3. The molecule has 1 aliphatic heterocycles. The van der Waals surface area contributed by atoms with Crippen LogP contribution in [-0.2, 0) is 22.8 Å². The Balaban J connectivity index is 1.33. The molecule has 4 amide bonds. The number of nitrogens with one attached hydrogen (secondary N) is 1. The highest BCUT2D eigenvalue weighted by Gasteiger charge is 2.36. The fourth-order valence-corrected chi connectivity index (χ4v) is 4.23. The van der Waals surface area contributed by atoms with Crippen molar-refractivity contribution in [2.45, 2.75) is 20.1 Å². The first-order chi connectivity index (χ1) is 20.0. The average Bonchev–Trinajstić information content (AvgIpc) is 2.99. The lowest BCUT2D eigenvalue weighted by Crippen LogP contribution is -2.54. The third kappa shape index (κ3) is 6.62. The van der Waals surface area contributed by atoms with Crippen molar-refractivity contribution in [1.82, 2.24) is 5.32 Å². The lowest BCUT2D eigenvalue weighted by molar-refractivity contribution is -0.122. The summed E-state index contributed by atoms with van der Waals surface area (Å²) in [4.78, 5) is 39.6. The molecule has 4 aromatic rings. The Morgan fingerprint density at radius 1 is 0.707 bits per heavy atom. The Hall–Kier alpha value is -5.37. The van der Waals surface area contributed by atoms with Crippen molar-refractivity contribution < 1.29 is 28.6 Å². The summed E-state index contributed by atoms with van der Waals surface area (Å²) in [5.74, 6) is 0.0666. The molecule has 0 aliphatic carbocycles. The molecule has 8 nitrogen and oxygen atoms in total. The van der Waals surface area contributed by atoms with E-state index in [0.29, 0.717) is 48.3 Å². The van der Waals surface area contributed by atoms with Crippen molar-refractivity contribution in [1.29, 1.82) is 0 Å². The zero-order valence-electron chi connectivity index (χ0n) is 22.4. The lowest BCUT2D eigenvalue weighted by Gasteiger charge is -2.26. The molecule has 4 aromatic carbocycles. The van der Waals surface area contributed by atoms with Gasteiger partial charge in [0.1, 0.15) is 24.5 Å². The average molecular weight is 549 g/mol. The maximum absolute atomic E-state index is 13.4. The van der Waals surface area contributed by atoms with E-state index in [1.54, 1.807) is 42.5 Å². The fourth-order valence-electron chi connectivity index (χ4n) is 4.23. The van der Waals surface area contributed by atoms with Gasteiger partial charge in [0.05, 0.1) is 12.3 Å². The highest BCUT2D eigenvalue weighted by Crippen LogP contribution is 2.31. The first-order valence-corrected chi connectivity index (χ1v) is 13.1. The second-order valence-electron chi connectivity index (χ2n) is 9.14. The molecule has 0 bridgehead atoms. The van der Waals surface area contributed by atoms with Crippen molar-refractivity contribution in [3.8, 4) is 17.2 Å². The summed E-state index contributed by atoms with van der Waals surface area (Å²) in [6.07, 6.45) is 1.43. The van der Waals surface area contributed by atoms with E-state index < -0.39 is 17.8 Å². The predicted octanol–water partition coefficient (Wildman–Crippen LogP) is 5.91. The van der Waals surface area contributed by atoms with Crippen molar-refractivity contribution >= 4 is 29.6 Å². The molecule has 1 aliphatic rings. The molecule has 0 radical (unpaired) electrons. The maximum Gasteiger partial charge on any atom is 0.335 e. The van der Waals surface area contributed by atoms with Gasteiger partial charge in [-0.1, -0.05) is 66.7 Å². The summed E-state index contributed by atoms with van der Waals surface area (Å²) < 4.78 is 17.5. The van der Waals surface area contributed by atoms with Crippen LogP contribution in [0.4, 0.5) is 10.5 Å². The molecule has 41 heavy (non-hydrogen) atoms. The van der Waals surface area contributed by atoms with E-state index in [2.05, 4.69) is 5.32 Å². The van der Waals surface area contributed by atoms with Crippen LogP contribution in [0.3, 0.4) is 0 Å². The van der Waals surface area contributed by atoms with Crippen molar-refractivity contribution in [3.63, 3.8) is 0 Å². The van der Waals surface area contributed by atoms with E-state index >= 15 is 0 Å². The predicted molar refractivity (Wildman–Crippen MR) is 155 cm³/mol. The molecule has 1 fully saturated rings. The number of hydrogen-bond donors (Lipinski definition) is 1. The number of benzene rings is 4. The number of ether oxygens (including phenoxy) is 3. The van der Waals surface area contributed by atoms with Crippen LogP contribution in [0.15, 0.2) is 109 Å².